The number of carbonyl (C=O) groups excluding carboxylic acids is 1. The van der Waals surface area contributed by atoms with Gasteiger partial charge in [-0.1, -0.05) is 12.1 Å². The highest BCUT2D eigenvalue weighted by atomic mass is 16.2. The van der Waals surface area contributed by atoms with Crippen LogP contribution in [0.4, 0.5) is 5.69 Å². The monoisotopic (exact) mass is 365 g/mol. The summed E-state index contributed by atoms with van der Waals surface area (Å²) in [6.07, 6.45) is 0. The van der Waals surface area contributed by atoms with Gasteiger partial charge in [0, 0.05) is 17.4 Å². The van der Waals surface area contributed by atoms with E-state index in [-0.39, 0.29) is 11.5 Å². The molecule has 0 aliphatic heterocycles. The molecule has 3 rings (SSSR count). The molecule has 1 amide bonds. The summed E-state index contributed by atoms with van der Waals surface area (Å²) in [5, 5.41) is 11.6. The van der Waals surface area contributed by atoms with Gasteiger partial charge in [0.2, 0.25) is 5.91 Å². The van der Waals surface area contributed by atoms with Crippen molar-refractivity contribution in [3.05, 3.63) is 69.3 Å². The fourth-order valence-electron chi connectivity index (χ4n) is 2.90. The summed E-state index contributed by atoms with van der Waals surface area (Å²) in [5.74, 6) is 0.190. The molecule has 7 nitrogen and oxygen atoms in total. The largest absolute Gasteiger partial charge is 0.324 e. The molecule has 0 bridgehead atoms. The Morgan fingerprint density at radius 2 is 1.81 bits per heavy atom. The third-order valence-electron chi connectivity index (χ3n) is 4.65. The summed E-state index contributed by atoms with van der Waals surface area (Å²) >= 11 is 0. The molecule has 0 spiro atoms. The van der Waals surface area contributed by atoms with Gasteiger partial charge in [-0.15, -0.1) is 5.10 Å². The molecule has 0 saturated carbocycles. The predicted molar refractivity (Wildman–Crippen MR) is 104 cm³/mol. The van der Waals surface area contributed by atoms with E-state index in [1.54, 1.807) is 17.7 Å². The van der Waals surface area contributed by atoms with Crippen molar-refractivity contribution < 1.29 is 4.79 Å². The third-order valence-corrected chi connectivity index (χ3v) is 4.65. The van der Waals surface area contributed by atoms with E-state index in [2.05, 4.69) is 15.5 Å². The minimum absolute atomic E-state index is 0.302. The first kappa shape index (κ1) is 18.6. The average Bonchev–Trinajstić information content (AvgIpc) is 2.97. The fraction of sp³-hybridized carbons (Fsp3) is 0.300. The Hall–Kier alpha value is -3.22. The van der Waals surface area contributed by atoms with E-state index in [0.717, 1.165) is 28.2 Å². The van der Waals surface area contributed by atoms with Crippen LogP contribution in [0.2, 0.25) is 0 Å². The molecular weight excluding hydrogens is 342 g/mol. The van der Waals surface area contributed by atoms with Gasteiger partial charge < -0.3 is 5.32 Å². The second-order valence-electron chi connectivity index (χ2n) is 6.73. The van der Waals surface area contributed by atoms with Crippen LogP contribution in [-0.4, -0.2) is 25.5 Å². The van der Waals surface area contributed by atoms with Crippen molar-refractivity contribution in [3.63, 3.8) is 0 Å². The minimum atomic E-state index is -0.769. The number of amides is 1. The van der Waals surface area contributed by atoms with E-state index in [1.807, 2.05) is 52.0 Å². The summed E-state index contributed by atoms with van der Waals surface area (Å²) in [5.41, 5.74) is 4.22. The van der Waals surface area contributed by atoms with Gasteiger partial charge in [0.1, 0.15) is 6.04 Å². The normalized spacial score (nSPS) is 12.0. The van der Waals surface area contributed by atoms with Crippen LogP contribution >= 0.6 is 0 Å². The summed E-state index contributed by atoms with van der Waals surface area (Å²) < 4.78 is 2.84. The second-order valence-corrected chi connectivity index (χ2v) is 6.73. The van der Waals surface area contributed by atoms with Crippen LogP contribution in [0.5, 0.6) is 0 Å². The first-order valence-corrected chi connectivity index (χ1v) is 8.78. The standard InChI is InChI=1S/C20H23N5O2/c1-12-7-6-8-17(15(12)4)21-20(27)16(5)25-19(26)10-9-18(23-25)24-14(3)11-13(2)22-24/h6-11,16H,1-5H3,(H,21,27). The molecular formula is C20H23N5O2. The van der Waals surface area contributed by atoms with Gasteiger partial charge in [0.15, 0.2) is 5.82 Å². The van der Waals surface area contributed by atoms with Crippen LogP contribution in [0.15, 0.2) is 41.2 Å². The van der Waals surface area contributed by atoms with Crippen molar-refractivity contribution in [1.29, 1.82) is 0 Å². The SMILES string of the molecule is Cc1cc(C)n(-c2ccc(=O)n(C(C)C(=O)Nc3cccc(C)c3C)n2)n1. The number of rotatable bonds is 4. The highest BCUT2D eigenvalue weighted by molar-refractivity contribution is 5.94. The molecule has 2 aromatic heterocycles. The lowest BCUT2D eigenvalue weighted by molar-refractivity contribution is -0.119. The zero-order valence-corrected chi connectivity index (χ0v) is 16.1. The number of nitrogens with zero attached hydrogens (tertiary/aromatic N) is 4. The van der Waals surface area contributed by atoms with Crippen molar-refractivity contribution in [2.45, 2.75) is 40.7 Å². The van der Waals surface area contributed by atoms with Crippen LogP contribution in [0.3, 0.4) is 0 Å². The van der Waals surface area contributed by atoms with Crippen molar-refractivity contribution in [1.82, 2.24) is 19.6 Å². The number of benzene rings is 1. The minimum Gasteiger partial charge on any atom is -0.324 e. The van der Waals surface area contributed by atoms with Crippen molar-refractivity contribution in [2.75, 3.05) is 5.32 Å². The number of aromatic nitrogens is 4. The van der Waals surface area contributed by atoms with E-state index in [1.165, 1.54) is 10.7 Å². The predicted octanol–water partition coefficient (Wildman–Crippen LogP) is 2.86. The molecule has 0 aliphatic carbocycles. The molecule has 0 aliphatic rings. The highest BCUT2D eigenvalue weighted by Gasteiger charge is 2.19. The highest BCUT2D eigenvalue weighted by Crippen LogP contribution is 2.19. The number of nitrogens with one attached hydrogen (secondary N) is 1. The number of hydrogen-bond donors (Lipinski definition) is 1. The van der Waals surface area contributed by atoms with Crippen LogP contribution in [0.25, 0.3) is 5.82 Å². The second kappa shape index (κ2) is 7.19. The molecule has 7 heteroatoms. The van der Waals surface area contributed by atoms with Crippen molar-refractivity contribution >= 4 is 11.6 Å². The van der Waals surface area contributed by atoms with E-state index in [9.17, 15) is 9.59 Å². The molecule has 0 saturated heterocycles. The van der Waals surface area contributed by atoms with Crippen LogP contribution in [-0.2, 0) is 4.79 Å². The molecule has 1 unspecified atom stereocenters. The number of hydrogen-bond acceptors (Lipinski definition) is 4. The molecule has 1 N–H and O–H groups in total. The van der Waals surface area contributed by atoms with Crippen LogP contribution in [0.1, 0.15) is 35.5 Å². The molecule has 0 radical (unpaired) electrons. The smallest absolute Gasteiger partial charge is 0.267 e. The Morgan fingerprint density at radius 1 is 1.07 bits per heavy atom. The third kappa shape index (κ3) is 3.67. The van der Waals surface area contributed by atoms with Gasteiger partial charge in [-0.3, -0.25) is 9.59 Å². The Morgan fingerprint density at radius 3 is 2.48 bits per heavy atom. The Labute approximate surface area is 157 Å². The maximum absolute atomic E-state index is 12.7. The first-order chi connectivity index (χ1) is 12.8. The van der Waals surface area contributed by atoms with Gasteiger partial charge in [-0.05, 0) is 63.9 Å². The van der Waals surface area contributed by atoms with Crippen molar-refractivity contribution in [3.8, 4) is 5.82 Å². The maximum atomic E-state index is 12.7. The summed E-state index contributed by atoms with van der Waals surface area (Å²) in [6.45, 7) is 9.38. The zero-order valence-electron chi connectivity index (χ0n) is 16.1. The number of carbonyl (C=O) groups is 1. The lowest BCUT2D eigenvalue weighted by Gasteiger charge is -2.16. The summed E-state index contributed by atoms with van der Waals surface area (Å²) in [4.78, 5) is 25.0. The summed E-state index contributed by atoms with van der Waals surface area (Å²) in [7, 11) is 0. The Kier molecular flexibility index (Phi) is 4.94. The molecule has 0 fully saturated rings. The Bertz CT molecular complexity index is 1060. The quantitative estimate of drug-likeness (QED) is 0.771. The summed E-state index contributed by atoms with van der Waals surface area (Å²) in [6, 6.07) is 9.88. The topological polar surface area (TPSA) is 81.8 Å². The molecule has 2 heterocycles. The molecule has 27 heavy (non-hydrogen) atoms. The molecule has 1 atom stereocenters. The van der Waals surface area contributed by atoms with E-state index in [0.29, 0.717) is 5.82 Å². The van der Waals surface area contributed by atoms with Gasteiger partial charge >= 0.3 is 0 Å². The van der Waals surface area contributed by atoms with Crippen LogP contribution in [0, 0.1) is 27.7 Å². The van der Waals surface area contributed by atoms with Gasteiger partial charge in [0.05, 0.1) is 5.69 Å². The van der Waals surface area contributed by atoms with Crippen LogP contribution < -0.4 is 10.9 Å². The molecule has 1 aromatic carbocycles. The van der Waals surface area contributed by atoms with Gasteiger partial charge in [-0.2, -0.15) is 5.10 Å². The lowest BCUT2D eigenvalue weighted by Crippen LogP contribution is -2.34. The van der Waals surface area contributed by atoms with Crippen molar-refractivity contribution in [2.24, 2.45) is 0 Å². The first-order valence-electron chi connectivity index (χ1n) is 8.78. The van der Waals surface area contributed by atoms with E-state index >= 15 is 0 Å². The van der Waals surface area contributed by atoms with Gasteiger partial charge in [0.25, 0.3) is 5.56 Å². The average molecular weight is 365 g/mol. The van der Waals surface area contributed by atoms with E-state index in [4.69, 9.17) is 0 Å². The molecule has 140 valence electrons. The number of anilines is 1. The molecule has 3 aromatic rings. The lowest BCUT2D eigenvalue weighted by atomic mass is 10.1. The number of aryl methyl sites for hydroxylation is 3. The fourth-order valence-corrected chi connectivity index (χ4v) is 2.90. The maximum Gasteiger partial charge on any atom is 0.267 e. The Balaban J connectivity index is 1.92. The van der Waals surface area contributed by atoms with E-state index < -0.39 is 6.04 Å². The van der Waals surface area contributed by atoms with Gasteiger partial charge in [-0.25, -0.2) is 9.36 Å². The zero-order chi connectivity index (χ0) is 19.7.